The number of phenols is 2. The molecule has 0 saturated carbocycles. The predicted octanol–water partition coefficient (Wildman–Crippen LogP) is 4.86. The number of carbonyl (C=O) groups is 4. The van der Waals surface area contributed by atoms with Gasteiger partial charge >= 0.3 is 11.9 Å². The molecule has 4 aromatic rings. The van der Waals surface area contributed by atoms with E-state index in [1.54, 1.807) is 12.1 Å². The Balaban J connectivity index is 2.07. The van der Waals surface area contributed by atoms with Crippen LogP contribution in [0, 0.1) is 10.1 Å². The van der Waals surface area contributed by atoms with Gasteiger partial charge in [0, 0.05) is 23.3 Å². The van der Waals surface area contributed by atoms with Crippen molar-refractivity contribution in [1.82, 2.24) is 0 Å². The molecule has 0 atom stereocenters. The highest BCUT2D eigenvalue weighted by molar-refractivity contribution is 6.24. The van der Waals surface area contributed by atoms with Crippen LogP contribution in [0.2, 0.25) is 0 Å². The van der Waals surface area contributed by atoms with Crippen LogP contribution < -0.4 is 4.74 Å². The lowest BCUT2D eigenvalue weighted by Crippen LogP contribution is -2.21. The maximum Gasteiger partial charge on any atom is 0.343 e. The number of ether oxygens (including phenoxy) is 2. The standard InChI is InChI=1S/C30H21NO10/c1-2-40-30(37)21-22(24(32)17-10-5-3-6-11-17)26(34)27(35)28(41-29(36)18-12-7-4-8-13-18)23(21)25(33)19-14-9-15-20(16-19)31(38)39/h3-16,34-35H,2H2,1H3. The normalized spacial score (nSPS) is 10.5. The molecule has 0 amide bonds. The Morgan fingerprint density at radius 3 is 1.85 bits per heavy atom. The first-order chi connectivity index (χ1) is 19.6. The minimum atomic E-state index is -1.26. The Morgan fingerprint density at radius 1 is 0.707 bits per heavy atom. The van der Waals surface area contributed by atoms with Gasteiger partial charge in [-0.3, -0.25) is 19.7 Å². The van der Waals surface area contributed by atoms with E-state index in [9.17, 15) is 39.5 Å². The Hall–Kier alpha value is -5.84. The number of phenolic OH excluding ortho intramolecular Hbond substituents is 2. The summed E-state index contributed by atoms with van der Waals surface area (Å²) in [5, 5.41) is 33.4. The van der Waals surface area contributed by atoms with E-state index in [4.69, 9.17) is 9.47 Å². The number of carbonyl (C=O) groups excluding carboxylic acids is 4. The van der Waals surface area contributed by atoms with E-state index in [2.05, 4.69) is 0 Å². The van der Waals surface area contributed by atoms with Gasteiger partial charge in [-0.1, -0.05) is 60.7 Å². The van der Waals surface area contributed by atoms with Crippen molar-refractivity contribution in [2.45, 2.75) is 6.92 Å². The maximum atomic E-state index is 13.9. The molecule has 0 heterocycles. The van der Waals surface area contributed by atoms with Crippen LogP contribution in [0.4, 0.5) is 5.69 Å². The first-order valence-electron chi connectivity index (χ1n) is 12.1. The van der Waals surface area contributed by atoms with E-state index in [1.165, 1.54) is 67.6 Å². The molecule has 0 aromatic heterocycles. The van der Waals surface area contributed by atoms with E-state index in [0.717, 1.165) is 12.1 Å². The van der Waals surface area contributed by atoms with E-state index in [1.807, 2.05) is 0 Å². The van der Waals surface area contributed by atoms with Crippen LogP contribution in [0.15, 0.2) is 84.9 Å². The van der Waals surface area contributed by atoms with Gasteiger partial charge in [0.15, 0.2) is 23.1 Å². The van der Waals surface area contributed by atoms with Crippen molar-refractivity contribution >= 4 is 29.2 Å². The third kappa shape index (κ3) is 5.64. The molecule has 0 bridgehead atoms. The molecule has 4 rings (SSSR count). The molecule has 11 nitrogen and oxygen atoms in total. The summed E-state index contributed by atoms with van der Waals surface area (Å²) in [6, 6.07) is 19.2. The Kier molecular flexibility index (Phi) is 8.18. The van der Waals surface area contributed by atoms with Gasteiger partial charge in [0.2, 0.25) is 5.75 Å². The number of aromatic hydroxyl groups is 2. The molecule has 0 aliphatic carbocycles. The van der Waals surface area contributed by atoms with Crippen molar-refractivity contribution < 1.29 is 43.8 Å². The number of esters is 2. The molecular formula is C30H21NO10. The van der Waals surface area contributed by atoms with Gasteiger partial charge in [0.1, 0.15) is 0 Å². The summed E-state index contributed by atoms with van der Waals surface area (Å²) in [6.45, 7) is 1.23. The van der Waals surface area contributed by atoms with Crippen molar-refractivity contribution in [2.24, 2.45) is 0 Å². The van der Waals surface area contributed by atoms with Crippen LogP contribution in [0.25, 0.3) is 0 Å². The minimum Gasteiger partial charge on any atom is -0.504 e. The fraction of sp³-hybridized carbons (Fsp3) is 0.0667. The van der Waals surface area contributed by atoms with Crippen molar-refractivity contribution in [3.63, 3.8) is 0 Å². The summed E-state index contributed by atoms with van der Waals surface area (Å²) in [6.07, 6.45) is 0. The Labute approximate surface area is 232 Å². The van der Waals surface area contributed by atoms with Gasteiger partial charge in [-0.2, -0.15) is 0 Å². The highest BCUT2D eigenvalue weighted by atomic mass is 16.6. The SMILES string of the molecule is CCOC(=O)c1c(C(=O)c2ccccc2)c(O)c(O)c(OC(=O)c2ccccc2)c1C(=O)c1cccc([N+](=O)[O-])c1. The first-order valence-corrected chi connectivity index (χ1v) is 12.1. The number of hydrogen-bond donors (Lipinski definition) is 2. The second-order valence-electron chi connectivity index (χ2n) is 8.46. The van der Waals surface area contributed by atoms with Crippen LogP contribution in [-0.4, -0.2) is 45.2 Å². The number of non-ortho nitro benzene ring substituents is 1. The molecule has 2 N–H and O–H groups in total. The van der Waals surface area contributed by atoms with Crippen molar-refractivity contribution in [3.05, 3.63) is 128 Å². The summed E-state index contributed by atoms with van der Waals surface area (Å²) in [5.41, 5.74) is -3.26. The third-order valence-electron chi connectivity index (χ3n) is 5.90. The van der Waals surface area contributed by atoms with Crippen LogP contribution in [0.5, 0.6) is 17.2 Å². The third-order valence-corrected chi connectivity index (χ3v) is 5.90. The van der Waals surface area contributed by atoms with Gasteiger partial charge in [0.05, 0.1) is 33.8 Å². The maximum absolute atomic E-state index is 13.9. The topological polar surface area (TPSA) is 170 Å². The quantitative estimate of drug-likeness (QED) is 0.0725. The van der Waals surface area contributed by atoms with E-state index in [0.29, 0.717) is 0 Å². The fourth-order valence-electron chi connectivity index (χ4n) is 4.01. The molecule has 0 unspecified atom stereocenters. The highest BCUT2D eigenvalue weighted by Crippen LogP contribution is 2.46. The van der Waals surface area contributed by atoms with Crippen LogP contribution in [0.1, 0.15) is 59.5 Å². The average Bonchev–Trinajstić information content (AvgIpc) is 2.99. The number of nitro groups is 1. The van der Waals surface area contributed by atoms with Crippen molar-refractivity contribution in [1.29, 1.82) is 0 Å². The summed E-state index contributed by atoms with van der Waals surface area (Å²) in [5.74, 6) is -7.71. The molecular weight excluding hydrogens is 534 g/mol. The molecule has 11 heteroatoms. The highest BCUT2D eigenvalue weighted by Gasteiger charge is 2.37. The summed E-state index contributed by atoms with van der Waals surface area (Å²) >= 11 is 0. The number of nitrogens with zero attached hydrogens (tertiary/aromatic N) is 1. The number of nitro benzene ring substituents is 1. The zero-order valence-electron chi connectivity index (χ0n) is 21.4. The smallest absolute Gasteiger partial charge is 0.343 e. The second-order valence-corrected chi connectivity index (χ2v) is 8.46. The zero-order chi connectivity index (χ0) is 29.7. The van der Waals surface area contributed by atoms with Crippen LogP contribution >= 0.6 is 0 Å². The molecule has 41 heavy (non-hydrogen) atoms. The van der Waals surface area contributed by atoms with Gasteiger partial charge < -0.3 is 19.7 Å². The Bertz CT molecular complexity index is 1680. The van der Waals surface area contributed by atoms with Gasteiger partial charge in [-0.15, -0.1) is 0 Å². The number of ketones is 2. The average molecular weight is 555 g/mol. The van der Waals surface area contributed by atoms with E-state index >= 15 is 0 Å². The van der Waals surface area contributed by atoms with Crippen molar-refractivity contribution in [3.8, 4) is 17.2 Å². The molecule has 0 fully saturated rings. The van der Waals surface area contributed by atoms with Gasteiger partial charge in [0.25, 0.3) is 5.69 Å². The van der Waals surface area contributed by atoms with E-state index < -0.39 is 68.1 Å². The van der Waals surface area contributed by atoms with Crippen LogP contribution in [0.3, 0.4) is 0 Å². The monoisotopic (exact) mass is 555 g/mol. The number of rotatable bonds is 9. The molecule has 4 aromatic carbocycles. The lowest BCUT2D eigenvalue weighted by Gasteiger charge is -2.19. The lowest BCUT2D eigenvalue weighted by atomic mass is 9.88. The molecule has 0 radical (unpaired) electrons. The lowest BCUT2D eigenvalue weighted by molar-refractivity contribution is -0.384. The Morgan fingerprint density at radius 2 is 1.27 bits per heavy atom. The molecule has 0 saturated heterocycles. The molecule has 206 valence electrons. The molecule has 0 aliphatic rings. The minimum absolute atomic E-state index is 0.0118. The summed E-state index contributed by atoms with van der Waals surface area (Å²) in [4.78, 5) is 64.4. The van der Waals surface area contributed by atoms with Crippen molar-refractivity contribution in [2.75, 3.05) is 6.61 Å². The largest absolute Gasteiger partial charge is 0.504 e. The number of hydrogen-bond acceptors (Lipinski definition) is 10. The van der Waals surface area contributed by atoms with Crippen LogP contribution in [-0.2, 0) is 4.74 Å². The summed E-state index contributed by atoms with van der Waals surface area (Å²) < 4.78 is 10.4. The second kappa shape index (κ2) is 11.9. The predicted molar refractivity (Wildman–Crippen MR) is 144 cm³/mol. The number of benzene rings is 4. The summed E-state index contributed by atoms with van der Waals surface area (Å²) in [7, 11) is 0. The fourth-order valence-corrected chi connectivity index (χ4v) is 4.01. The first kappa shape index (κ1) is 28.2. The van der Waals surface area contributed by atoms with Gasteiger partial charge in [-0.05, 0) is 19.1 Å². The zero-order valence-corrected chi connectivity index (χ0v) is 21.4. The molecule has 0 aliphatic heterocycles. The van der Waals surface area contributed by atoms with E-state index in [-0.39, 0.29) is 23.3 Å². The van der Waals surface area contributed by atoms with Gasteiger partial charge in [-0.25, -0.2) is 9.59 Å². The molecule has 0 spiro atoms.